The Bertz CT molecular complexity index is 687. The van der Waals surface area contributed by atoms with Gasteiger partial charge in [0.25, 0.3) is 0 Å². The van der Waals surface area contributed by atoms with E-state index >= 15 is 0 Å². The van der Waals surface area contributed by atoms with E-state index in [1.807, 2.05) is 10.3 Å². The highest BCUT2D eigenvalue weighted by atomic mass is 79.9. The van der Waals surface area contributed by atoms with E-state index in [9.17, 15) is 13.2 Å². The van der Waals surface area contributed by atoms with E-state index in [1.165, 1.54) is 17.6 Å². The predicted molar refractivity (Wildman–Crippen MR) is 92.7 cm³/mol. The molecule has 1 aromatic rings. The van der Waals surface area contributed by atoms with Gasteiger partial charge in [-0.2, -0.15) is 0 Å². The van der Waals surface area contributed by atoms with E-state index < -0.39 is 10.0 Å². The van der Waals surface area contributed by atoms with Crippen LogP contribution in [0.4, 0.5) is 0 Å². The monoisotopic (exact) mass is 421 g/mol. The minimum Gasteiger partial charge on any atom is -0.337 e. The maximum Gasteiger partial charge on any atom is 0.225 e. The number of carbonyl (C=O) groups is 1. The van der Waals surface area contributed by atoms with Crippen LogP contribution in [-0.2, 0) is 21.2 Å². The van der Waals surface area contributed by atoms with Crippen molar-refractivity contribution in [3.8, 4) is 0 Å². The summed E-state index contributed by atoms with van der Waals surface area (Å²) in [6.45, 7) is 0.610. The quantitative estimate of drug-likeness (QED) is 0.785. The van der Waals surface area contributed by atoms with Crippen molar-refractivity contribution in [3.05, 3.63) is 15.0 Å². The topological polar surface area (TPSA) is 79.4 Å². The van der Waals surface area contributed by atoms with Crippen molar-refractivity contribution in [2.75, 3.05) is 12.8 Å². The van der Waals surface area contributed by atoms with E-state index in [4.69, 9.17) is 0 Å². The largest absolute Gasteiger partial charge is 0.337 e. The average molecular weight is 422 g/mol. The highest BCUT2D eigenvalue weighted by molar-refractivity contribution is 9.11. The second kappa shape index (κ2) is 6.78. The number of carbonyl (C=O) groups excluding carboxylic acids is 1. The lowest BCUT2D eigenvalue weighted by Crippen LogP contribution is -2.49. The number of likely N-dealkylation sites (tertiary alicyclic amines) is 1. The van der Waals surface area contributed by atoms with Crippen molar-refractivity contribution in [2.45, 2.75) is 44.2 Å². The Hall–Kier alpha value is -0.510. The van der Waals surface area contributed by atoms with E-state index in [0.29, 0.717) is 19.4 Å². The Labute approximate surface area is 148 Å². The predicted octanol–water partition coefficient (Wildman–Crippen LogP) is 1.77. The van der Waals surface area contributed by atoms with Gasteiger partial charge >= 0.3 is 0 Å². The number of hydrogen-bond donors (Lipinski definition) is 1. The standard InChI is InChI=1S/C14H20BrN3O3S2/c1-23(20,21)17-11-5-6-18(13(19)9-3-2-4-9)12(11)7-10-8-22-14(15)16-10/h8-9,11-12,17H,2-7H2,1H3/t11-,12-/m0/s1. The van der Waals surface area contributed by atoms with Crippen LogP contribution >= 0.6 is 27.3 Å². The fourth-order valence-corrected chi connectivity index (χ4v) is 5.16. The van der Waals surface area contributed by atoms with E-state index in [2.05, 4.69) is 25.6 Å². The normalized spacial score (nSPS) is 25.6. The van der Waals surface area contributed by atoms with Crippen LogP contribution in [0.15, 0.2) is 9.30 Å². The van der Waals surface area contributed by atoms with Crippen molar-refractivity contribution in [2.24, 2.45) is 5.92 Å². The molecule has 2 atom stereocenters. The van der Waals surface area contributed by atoms with Gasteiger partial charge in [-0.1, -0.05) is 6.42 Å². The summed E-state index contributed by atoms with van der Waals surface area (Å²) >= 11 is 4.85. The van der Waals surface area contributed by atoms with Crippen molar-refractivity contribution in [1.82, 2.24) is 14.6 Å². The van der Waals surface area contributed by atoms with Crippen molar-refractivity contribution in [1.29, 1.82) is 0 Å². The molecule has 9 heteroatoms. The minimum absolute atomic E-state index is 0.122. The van der Waals surface area contributed by atoms with Gasteiger partial charge in [-0.3, -0.25) is 4.79 Å². The number of hydrogen-bond acceptors (Lipinski definition) is 5. The third-order valence-electron chi connectivity index (χ3n) is 4.59. The van der Waals surface area contributed by atoms with Gasteiger partial charge < -0.3 is 4.90 Å². The van der Waals surface area contributed by atoms with Crippen LogP contribution in [0.25, 0.3) is 0 Å². The fraction of sp³-hybridized carbons (Fsp3) is 0.714. The SMILES string of the molecule is CS(=O)(=O)N[C@H]1CCN(C(=O)C2CCC2)[C@H]1Cc1csc(Br)n1. The lowest BCUT2D eigenvalue weighted by atomic mass is 9.84. The molecule has 1 saturated carbocycles. The molecule has 0 aromatic carbocycles. The molecule has 2 fully saturated rings. The number of thiazole rings is 1. The fourth-order valence-electron chi connectivity index (χ4n) is 3.27. The highest BCUT2D eigenvalue weighted by Crippen LogP contribution is 2.32. The molecule has 2 heterocycles. The molecule has 1 aromatic heterocycles. The lowest BCUT2D eigenvalue weighted by Gasteiger charge is -2.34. The molecule has 3 rings (SSSR count). The summed E-state index contributed by atoms with van der Waals surface area (Å²) in [6.07, 6.45) is 5.41. The lowest BCUT2D eigenvalue weighted by molar-refractivity contribution is -0.139. The number of aromatic nitrogens is 1. The Morgan fingerprint density at radius 2 is 2.22 bits per heavy atom. The number of nitrogens with one attached hydrogen (secondary N) is 1. The van der Waals surface area contributed by atoms with E-state index in [-0.39, 0.29) is 23.9 Å². The first-order valence-electron chi connectivity index (χ1n) is 7.71. The van der Waals surface area contributed by atoms with Crippen LogP contribution in [0.2, 0.25) is 0 Å². The highest BCUT2D eigenvalue weighted by Gasteiger charge is 2.41. The molecule has 0 unspecified atom stereocenters. The molecule has 6 nitrogen and oxygen atoms in total. The van der Waals surface area contributed by atoms with Crippen LogP contribution in [0.5, 0.6) is 0 Å². The van der Waals surface area contributed by atoms with Crippen LogP contribution in [0, 0.1) is 5.92 Å². The Morgan fingerprint density at radius 1 is 1.48 bits per heavy atom. The van der Waals surface area contributed by atoms with Crippen molar-refractivity contribution < 1.29 is 13.2 Å². The second-order valence-electron chi connectivity index (χ2n) is 6.31. The van der Waals surface area contributed by atoms with Crippen molar-refractivity contribution in [3.63, 3.8) is 0 Å². The first-order valence-corrected chi connectivity index (χ1v) is 11.3. The first kappa shape index (κ1) is 17.3. The summed E-state index contributed by atoms with van der Waals surface area (Å²) in [5.74, 6) is 0.296. The minimum atomic E-state index is -3.30. The van der Waals surface area contributed by atoms with Gasteiger partial charge in [-0.15, -0.1) is 11.3 Å². The van der Waals surface area contributed by atoms with Gasteiger partial charge in [0.15, 0.2) is 3.92 Å². The Balaban J connectivity index is 1.79. The van der Waals surface area contributed by atoms with Gasteiger partial charge in [0.1, 0.15) is 0 Å². The zero-order valence-electron chi connectivity index (χ0n) is 12.9. The Kier molecular flexibility index (Phi) is 5.10. The van der Waals surface area contributed by atoms with Crippen molar-refractivity contribution >= 4 is 43.2 Å². The molecular weight excluding hydrogens is 402 g/mol. The van der Waals surface area contributed by atoms with Crippen LogP contribution < -0.4 is 4.72 Å². The molecular formula is C14H20BrN3O3S2. The molecule has 1 amide bonds. The number of amides is 1. The second-order valence-corrected chi connectivity index (χ2v) is 10.2. The van der Waals surface area contributed by atoms with Gasteiger partial charge in [0.2, 0.25) is 15.9 Å². The third kappa shape index (κ3) is 4.12. The average Bonchev–Trinajstić information content (AvgIpc) is 2.94. The maximum atomic E-state index is 12.7. The van der Waals surface area contributed by atoms with E-state index in [0.717, 1.165) is 28.9 Å². The van der Waals surface area contributed by atoms with Crippen LogP contribution in [0.1, 0.15) is 31.4 Å². The number of nitrogens with zero attached hydrogens (tertiary/aromatic N) is 2. The molecule has 128 valence electrons. The number of sulfonamides is 1. The van der Waals surface area contributed by atoms with Gasteiger partial charge in [0.05, 0.1) is 18.0 Å². The maximum absolute atomic E-state index is 12.7. The zero-order valence-corrected chi connectivity index (χ0v) is 16.1. The van der Waals surface area contributed by atoms with Gasteiger partial charge in [-0.25, -0.2) is 18.1 Å². The summed E-state index contributed by atoms with van der Waals surface area (Å²) in [6, 6.07) is -0.402. The van der Waals surface area contributed by atoms with E-state index in [1.54, 1.807) is 0 Å². The molecule has 0 bridgehead atoms. The smallest absolute Gasteiger partial charge is 0.225 e. The third-order valence-corrected chi connectivity index (χ3v) is 6.74. The van der Waals surface area contributed by atoms with Gasteiger partial charge in [-0.05, 0) is 35.2 Å². The summed E-state index contributed by atoms with van der Waals surface area (Å²) in [7, 11) is -3.30. The summed E-state index contributed by atoms with van der Waals surface area (Å²) in [5.41, 5.74) is 0.889. The molecule has 0 radical (unpaired) electrons. The molecule has 0 spiro atoms. The Morgan fingerprint density at radius 3 is 2.74 bits per heavy atom. The molecule has 2 aliphatic rings. The zero-order chi connectivity index (χ0) is 16.6. The number of rotatable bonds is 5. The van der Waals surface area contributed by atoms with Crippen LogP contribution in [0.3, 0.4) is 0 Å². The molecule has 1 saturated heterocycles. The number of halogens is 1. The molecule has 1 N–H and O–H groups in total. The molecule has 1 aliphatic heterocycles. The molecule has 1 aliphatic carbocycles. The summed E-state index contributed by atoms with van der Waals surface area (Å²) in [5, 5.41) is 1.95. The summed E-state index contributed by atoms with van der Waals surface area (Å²) < 4.78 is 26.8. The van der Waals surface area contributed by atoms with Gasteiger partial charge in [0, 0.05) is 30.3 Å². The first-order chi connectivity index (χ1) is 10.8. The van der Waals surface area contributed by atoms with Crippen LogP contribution in [-0.4, -0.2) is 49.1 Å². The summed E-state index contributed by atoms with van der Waals surface area (Å²) in [4.78, 5) is 18.9. The molecule has 23 heavy (non-hydrogen) atoms.